The maximum atomic E-state index is 5.57. The quantitative estimate of drug-likeness (QED) is 0.641. The number of methoxy groups -OCH3 is 1. The fourth-order valence-corrected chi connectivity index (χ4v) is 1.39. The van der Waals surface area contributed by atoms with E-state index in [1.807, 2.05) is 0 Å². The Balaban J connectivity index is 3.42. The summed E-state index contributed by atoms with van der Waals surface area (Å²) in [6, 6.07) is 0.901. The van der Waals surface area contributed by atoms with Crippen LogP contribution in [0.3, 0.4) is 0 Å². The third kappa shape index (κ3) is 10.2. The van der Waals surface area contributed by atoms with Crippen molar-refractivity contribution < 1.29 is 9.47 Å². The summed E-state index contributed by atoms with van der Waals surface area (Å²) in [5.74, 6) is 0.614. The molecule has 1 N–H and O–H groups in total. The van der Waals surface area contributed by atoms with E-state index in [0.717, 1.165) is 26.2 Å². The largest absolute Gasteiger partial charge is 0.385 e. The Labute approximate surface area is 94.5 Å². The highest BCUT2D eigenvalue weighted by Gasteiger charge is 2.07. The van der Waals surface area contributed by atoms with Gasteiger partial charge in [-0.2, -0.15) is 0 Å². The zero-order valence-electron chi connectivity index (χ0n) is 10.9. The van der Waals surface area contributed by atoms with Gasteiger partial charge in [-0.15, -0.1) is 0 Å². The van der Waals surface area contributed by atoms with E-state index < -0.39 is 0 Å². The number of hydrogen-bond acceptors (Lipinski definition) is 3. The van der Waals surface area contributed by atoms with Crippen LogP contribution in [0.15, 0.2) is 0 Å². The Morgan fingerprint density at radius 3 is 2.20 bits per heavy atom. The average Bonchev–Trinajstić information content (AvgIpc) is 2.14. The molecule has 0 bridgehead atoms. The molecule has 0 fully saturated rings. The molecule has 0 aromatic heterocycles. The van der Waals surface area contributed by atoms with Crippen molar-refractivity contribution in [2.24, 2.45) is 5.92 Å². The second-order valence-electron chi connectivity index (χ2n) is 4.68. The van der Waals surface area contributed by atoms with Gasteiger partial charge in [0, 0.05) is 32.4 Å². The van der Waals surface area contributed by atoms with Crippen LogP contribution in [-0.2, 0) is 9.47 Å². The molecular weight excluding hydrogens is 190 g/mol. The number of hydrogen-bond donors (Lipinski definition) is 1. The maximum absolute atomic E-state index is 5.57. The van der Waals surface area contributed by atoms with Crippen molar-refractivity contribution in [2.45, 2.75) is 46.2 Å². The minimum absolute atomic E-state index is 0.413. The van der Waals surface area contributed by atoms with E-state index in [1.165, 1.54) is 0 Å². The normalized spacial score (nSPS) is 15.6. The second-order valence-corrected chi connectivity index (χ2v) is 4.68. The average molecular weight is 217 g/mol. The van der Waals surface area contributed by atoms with Gasteiger partial charge in [0.25, 0.3) is 0 Å². The maximum Gasteiger partial charge on any atom is 0.0617 e. The van der Waals surface area contributed by atoms with Gasteiger partial charge >= 0.3 is 0 Å². The number of nitrogens with one attached hydrogen (secondary N) is 1. The third-order valence-electron chi connectivity index (χ3n) is 2.14. The molecule has 0 saturated heterocycles. The molecule has 15 heavy (non-hydrogen) atoms. The lowest BCUT2D eigenvalue weighted by Crippen LogP contribution is -2.38. The first-order valence-corrected chi connectivity index (χ1v) is 5.89. The van der Waals surface area contributed by atoms with Gasteiger partial charge in [0.05, 0.1) is 6.61 Å². The molecule has 0 spiro atoms. The van der Waals surface area contributed by atoms with Gasteiger partial charge in [0.15, 0.2) is 0 Å². The summed E-state index contributed by atoms with van der Waals surface area (Å²) in [4.78, 5) is 0. The van der Waals surface area contributed by atoms with Crippen LogP contribution in [0, 0.1) is 5.92 Å². The summed E-state index contributed by atoms with van der Waals surface area (Å²) in [6.45, 7) is 11.1. The highest BCUT2D eigenvalue weighted by atomic mass is 16.5. The molecule has 0 aromatic carbocycles. The molecule has 3 nitrogen and oxygen atoms in total. The topological polar surface area (TPSA) is 30.5 Å². The molecule has 2 unspecified atom stereocenters. The summed E-state index contributed by atoms with van der Waals surface area (Å²) < 4.78 is 10.6. The first-order chi connectivity index (χ1) is 7.06. The molecule has 3 heteroatoms. The van der Waals surface area contributed by atoms with Gasteiger partial charge in [0.1, 0.15) is 0 Å². The highest BCUT2D eigenvalue weighted by molar-refractivity contribution is 4.66. The third-order valence-corrected chi connectivity index (χ3v) is 2.14. The van der Waals surface area contributed by atoms with Crippen molar-refractivity contribution in [1.82, 2.24) is 5.32 Å². The zero-order chi connectivity index (χ0) is 11.7. The summed E-state index contributed by atoms with van der Waals surface area (Å²) in [5.41, 5.74) is 0. The summed E-state index contributed by atoms with van der Waals surface area (Å²) in [5, 5.41) is 3.48. The Hall–Kier alpha value is -0.120. The van der Waals surface area contributed by atoms with E-state index >= 15 is 0 Å². The molecule has 0 heterocycles. The molecule has 0 aromatic rings. The Morgan fingerprint density at radius 2 is 1.67 bits per heavy atom. The fourth-order valence-electron chi connectivity index (χ4n) is 1.39. The zero-order valence-corrected chi connectivity index (χ0v) is 10.9. The van der Waals surface area contributed by atoms with Gasteiger partial charge in [-0.05, 0) is 26.2 Å². The van der Waals surface area contributed by atoms with E-state index in [9.17, 15) is 0 Å². The Kier molecular flexibility index (Phi) is 9.06. The molecule has 0 saturated carbocycles. The van der Waals surface area contributed by atoms with Crippen LogP contribution in [0.25, 0.3) is 0 Å². The van der Waals surface area contributed by atoms with Crippen molar-refractivity contribution in [3.8, 4) is 0 Å². The first kappa shape index (κ1) is 14.9. The molecule has 0 aliphatic carbocycles. The predicted molar refractivity (Wildman–Crippen MR) is 64.2 cm³/mol. The van der Waals surface area contributed by atoms with Crippen molar-refractivity contribution in [3.05, 3.63) is 0 Å². The van der Waals surface area contributed by atoms with Crippen LogP contribution < -0.4 is 5.32 Å². The van der Waals surface area contributed by atoms with E-state index in [4.69, 9.17) is 9.47 Å². The molecule has 0 radical (unpaired) electrons. The summed E-state index contributed by atoms with van der Waals surface area (Å²) in [6.07, 6.45) is 1.05. The molecule has 2 atom stereocenters. The van der Waals surface area contributed by atoms with Crippen LogP contribution >= 0.6 is 0 Å². The lowest BCUT2D eigenvalue weighted by atomic mass is 10.2. The SMILES string of the molecule is COCCC(C)NC(C)COCC(C)C. The van der Waals surface area contributed by atoms with E-state index in [2.05, 4.69) is 33.0 Å². The number of ether oxygens (including phenoxy) is 2. The summed E-state index contributed by atoms with van der Waals surface area (Å²) in [7, 11) is 1.74. The van der Waals surface area contributed by atoms with E-state index in [0.29, 0.717) is 18.0 Å². The van der Waals surface area contributed by atoms with Gasteiger partial charge in [-0.1, -0.05) is 13.8 Å². The number of rotatable bonds is 9. The van der Waals surface area contributed by atoms with Crippen molar-refractivity contribution >= 4 is 0 Å². The van der Waals surface area contributed by atoms with Crippen LogP contribution in [0.5, 0.6) is 0 Å². The molecular formula is C12H27NO2. The molecule has 92 valence electrons. The van der Waals surface area contributed by atoms with Crippen LogP contribution in [0.1, 0.15) is 34.1 Å². The first-order valence-electron chi connectivity index (χ1n) is 5.89. The van der Waals surface area contributed by atoms with Gasteiger partial charge in [0.2, 0.25) is 0 Å². The minimum atomic E-state index is 0.413. The smallest absolute Gasteiger partial charge is 0.0617 e. The minimum Gasteiger partial charge on any atom is -0.385 e. The lowest BCUT2D eigenvalue weighted by molar-refractivity contribution is 0.0896. The standard InChI is InChI=1S/C12H27NO2/c1-10(2)8-15-9-12(4)13-11(3)6-7-14-5/h10-13H,6-9H2,1-5H3. The Bertz CT molecular complexity index is 140. The fraction of sp³-hybridized carbons (Fsp3) is 1.00. The molecule has 0 aliphatic heterocycles. The highest BCUT2D eigenvalue weighted by Crippen LogP contribution is 1.97. The van der Waals surface area contributed by atoms with Crippen LogP contribution in [0.4, 0.5) is 0 Å². The lowest BCUT2D eigenvalue weighted by Gasteiger charge is -2.20. The molecule has 0 amide bonds. The monoisotopic (exact) mass is 217 g/mol. The Morgan fingerprint density at radius 1 is 1.00 bits per heavy atom. The van der Waals surface area contributed by atoms with Crippen LogP contribution in [0.2, 0.25) is 0 Å². The van der Waals surface area contributed by atoms with E-state index in [-0.39, 0.29) is 0 Å². The van der Waals surface area contributed by atoms with Crippen LogP contribution in [-0.4, -0.2) is 39.0 Å². The van der Waals surface area contributed by atoms with Gasteiger partial charge in [-0.3, -0.25) is 0 Å². The summed E-state index contributed by atoms with van der Waals surface area (Å²) >= 11 is 0. The molecule has 0 aliphatic rings. The molecule has 0 rings (SSSR count). The van der Waals surface area contributed by atoms with Gasteiger partial charge < -0.3 is 14.8 Å². The second kappa shape index (κ2) is 9.13. The van der Waals surface area contributed by atoms with Gasteiger partial charge in [-0.25, -0.2) is 0 Å². The van der Waals surface area contributed by atoms with E-state index in [1.54, 1.807) is 7.11 Å². The van der Waals surface area contributed by atoms with Crippen molar-refractivity contribution in [2.75, 3.05) is 26.9 Å². The van der Waals surface area contributed by atoms with Crippen molar-refractivity contribution in [3.63, 3.8) is 0 Å². The predicted octanol–water partition coefficient (Wildman–Crippen LogP) is 2.06. The van der Waals surface area contributed by atoms with Crippen molar-refractivity contribution in [1.29, 1.82) is 0 Å².